The molecule has 134 valence electrons. The van der Waals surface area contributed by atoms with Gasteiger partial charge in [-0.1, -0.05) is 26.0 Å². The fraction of sp³-hybridized carbons (Fsp3) is 0.524. The first kappa shape index (κ1) is 17.7. The zero-order chi connectivity index (χ0) is 18.0. The standard InChI is InChI=1S/C21H29N3O/c1-15(2)17-7-9-18(10-8-17)21(25)23-12-5-6-19(14-23)20-22-11-13-24(20)16(3)4/h7-11,13,15-16,19H,5-6,12,14H2,1-4H3. The van der Waals surface area contributed by atoms with Gasteiger partial charge in [0.15, 0.2) is 0 Å². The summed E-state index contributed by atoms with van der Waals surface area (Å²) in [5.41, 5.74) is 2.06. The molecule has 1 amide bonds. The molecule has 1 unspecified atom stereocenters. The molecule has 0 saturated carbocycles. The Bertz CT molecular complexity index is 715. The molecule has 1 aliphatic rings. The highest BCUT2D eigenvalue weighted by molar-refractivity contribution is 5.94. The van der Waals surface area contributed by atoms with E-state index in [1.165, 1.54) is 5.56 Å². The maximum atomic E-state index is 12.9. The van der Waals surface area contributed by atoms with Crippen molar-refractivity contribution in [1.29, 1.82) is 0 Å². The van der Waals surface area contributed by atoms with Crippen molar-refractivity contribution in [3.8, 4) is 0 Å². The fourth-order valence-corrected chi connectivity index (χ4v) is 3.64. The Kier molecular flexibility index (Phi) is 5.26. The number of benzene rings is 1. The van der Waals surface area contributed by atoms with E-state index in [0.717, 1.165) is 37.3 Å². The molecule has 0 spiro atoms. The molecule has 1 saturated heterocycles. The minimum Gasteiger partial charge on any atom is -0.338 e. The molecular formula is C21H29N3O. The van der Waals surface area contributed by atoms with Crippen LogP contribution in [0.2, 0.25) is 0 Å². The van der Waals surface area contributed by atoms with Gasteiger partial charge in [-0.2, -0.15) is 0 Å². The summed E-state index contributed by atoms with van der Waals surface area (Å²) < 4.78 is 2.23. The predicted molar refractivity (Wildman–Crippen MR) is 101 cm³/mol. The highest BCUT2D eigenvalue weighted by Crippen LogP contribution is 2.28. The molecule has 2 aromatic rings. The number of likely N-dealkylation sites (tertiary alicyclic amines) is 1. The van der Waals surface area contributed by atoms with E-state index in [-0.39, 0.29) is 5.91 Å². The van der Waals surface area contributed by atoms with Crippen LogP contribution in [-0.4, -0.2) is 33.4 Å². The first-order valence-corrected chi connectivity index (χ1v) is 9.39. The SMILES string of the molecule is CC(C)c1ccc(C(=O)N2CCCC(c3nccn3C(C)C)C2)cc1. The van der Waals surface area contributed by atoms with Gasteiger partial charge in [0, 0.05) is 43.0 Å². The Hall–Kier alpha value is -2.10. The molecule has 1 aromatic heterocycles. The molecule has 0 bridgehead atoms. The zero-order valence-corrected chi connectivity index (χ0v) is 15.8. The average Bonchev–Trinajstić information content (AvgIpc) is 3.11. The number of hydrogen-bond acceptors (Lipinski definition) is 2. The van der Waals surface area contributed by atoms with E-state index >= 15 is 0 Å². The van der Waals surface area contributed by atoms with Crippen LogP contribution in [0.3, 0.4) is 0 Å². The van der Waals surface area contributed by atoms with E-state index in [2.05, 4.69) is 49.4 Å². The Labute approximate surface area is 150 Å². The first-order chi connectivity index (χ1) is 12.0. The van der Waals surface area contributed by atoms with Crippen molar-refractivity contribution in [3.63, 3.8) is 0 Å². The van der Waals surface area contributed by atoms with E-state index < -0.39 is 0 Å². The van der Waals surface area contributed by atoms with Crippen molar-refractivity contribution >= 4 is 5.91 Å². The van der Waals surface area contributed by atoms with Gasteiger partial charge >= 0.3 is 0 Å². The van der Waals surface area contributed by atoms with Crippen LogP contribution in [0.15, 0.2) is 36.7 Å². The minimum atomic E-state index is 0.141. The molecule has 2 heterocycles. The zero-order valence-electron chi connectivity index (χ0n) is 15.8. The molecule has 0 radical (unpaired) electrons. The molecular weight excluding hydrogens is 310 g/mol. The second-order valence-corrected chi connectivity index (χ2v) is 7.65. The molecule has 1 aliphatic heterocycles. The van der Waals surface area contributed by atoms with Gasteiger partial charge in [-0.3, -0.25) is 4.79 Å². The third-order valence-corrected chi connectivity index (χ3v) is 5.15. The van der Waals surface area contributed by atoms with Crippen LogP contribution in [0, 0.1) is 0 Å². The Morgan fingerprint density at radius 3 is 2.52 bits per heavy atom. The average molecular weight is 339 g/mol. The summed E-state index contributed by atoms with van der Waals surface area (Å²) in [6.45, 7) is 10.3. The largest absolute Gasteiger partial charge is 0.338 e. The number of carbonyl (C=O) groups excluding carboxylic acids is 1. The van der Waals surface area contributed by atoms with E-state index in [9.17, 15) is 4.79 Å². The summed E-state index contributed by atoms with van der Waals surface area (Å²) in [5.74, 6) is 2.06. The summed E-state index contributed by atoms with van der Waals surface area (Å²) in [5, 5.41) is 0. The number of amides is 1. The van der Waals surface area contributed by atoms with Crippen molar-refractivity contribution in [2.75, 3.05) is 13.1 Å². The van der Waals surface area contributed by atoms with Gasteiger partial charge in [-0.15, -0.1) is 0 Å². The molecule has 25 heavy (non-hydrogen) atoms. The predicted octanol–water partition coefficient (Wildman–Crippen LogP) is 4.61. The number of rotatable bonds is 4. The summed E-state index contributed by atoms with van der Waals surface area (Å²) in [4.78, 5) is 19.5. The van der Waals surface area contributed by atoms with E-state index in [0.29, 0.717) is 17.9 Å². The lowest BCUT2D eigenvalue weighted by atomic mass is 9.95. The lowest BCUT2D eigenvalue weighted by molar-refractivity contribution is 0.0703. The molecule has 0 aliphatic carbocycles. The van der Waals surface area contributed by atoms with Crippen molar-refractivity contribution in [3.05, 3.63) is 53.6 Å². The van der Waals surface area contributed by atoms with Crippen molar-refractivity contribution in [1.82, 2.24) is 14.5 Å². The number of hydrogen-bond donors (Lipinski definition) is 0. The van der Waals surface area contributed by atoms with Crippen LogP contribution in [0.25, 0.3) is 0 Å². The van der Waals surface area contributed by atoms with Crippen molar-refractivity contribution in [2.24, 2.45) is 0 Å². The van der Waals surface area contributed by atoms with Gasteiger partial charge in [0.2, 0.25) is 0 Å². The van der Waals surface area contributed by atoms with Gasteiger partial charge in [0.05, 0.1) is 0 Å². The topological polar surface area (TPSA) is 38.1 Å². The second-order valence-electron chi connectivity index (χ2n) is 7.65. The van der Waals surface area contributed by atoms with Crippen LogP contribution in [0.4, 0.5) is 0 Å². The normalized spacial score (nSPS) is 18.2. The molecule has 4 nitrogen and oxygen atoms in total. The summed E-state index contributed by atoms with van der Waals surface area (Å²) in [6.07, 6.45) is 6.05. The number of aromatic nitrogens is 2. The summed E-state index contributed by atoms with van der Waals surface area (Å²) in [7, 11) is 0. The smallest absolute Gasteiger partial charge is 0.253 e. The van der Waals surface area contributed by atoms with E-state index in [1.54, 1.807) is 0 Å². The molecule has 1 fully saturated rings. The Morgan fingerprint density at radius 2 is 1.88 bits per heavy atom. The number of carbonyl (C=O) groups is 1. The summed E-state index contributed by atoms with van der Waals surface area (Å²) >= 11 is 0. The van der Waals surface area contributed by atoms with Crippen molar-refractivity contribution < 1.29 is 4.79 Å². The van der Waals surface area contributed by atoms with E-state index in [4.69, 9.17) is 0 Å². The summed E-state index contributed by atoms with van der Waals surface area (Å²) in [6, 6.07) is 8.48. The first-order valence-electron chi connectivity index (χ1n) is 9.39. The van der Waals surface area contributed by atoms with E-state index in [1.807, 2.05) is 29.4 Å². The van der Waals surface area contributed by atoms with Crippen LogP contribution in [0.1, 0.15) is 80.2 Å². The van der Waals surface area contributed by atoms with Crippen LogP contribution >= 0.6 is 0 Å². The molecule has 1 atom stereocenters. The third-order valence-electron chi connectivity index (χ3n) is 5.15. The minimum absolute atomic E-state index is 0.141. The van der Waals surface area contributed by atoms with Gasteiger partial charge in [-0.25, -0.2) is 4.98 Å². The lowest BCUT2D eigenvalue weighted by Crippen LogP contribution is -2.39. The second kappa shape index (κ2) is 7.42. The van der Waals surface area contributed by atoms with Crippen LogP contribution < -0.4 is 0 Å². The van der Waals surface area contributed by atoms with Gasteiger partial charge in [0.25, 0.3) is 5.91 Å². The molecule has 3 rings (SSSR count). The Morgan fingerprint density at radius 1 is 1.16 bits per heavy atom. The van der Waals surface area contributed by atoms with Crippen LogP contribution in [-0.2, 0) is 0 Å². The highest BCUT2D eigenvalue weighted by atomic mass is 16.2. The quantitative estimate of drug-likeness (QED) is 0.816. The molecule has 0 N–H and O–H groups in total. The van der Waals surface area contributed by atoms with Gasteiger partial charge < -0.3 is 9.47 Å². The third kappa shape index (κ3) is 3.78. The maximum Gasteiger partial charge on any atom is 0.253 e. The van der Waals surface area contributed by atoms with Crippen molar-refractivity contribution in [2.45, 2.75) is 58.4 Å². The van der Waals surface area contributed by atoms with Gasteiger partial charge in [0.1, 0.15) is 5.82 Å². The molecule has 4 heteroatoms. The van der Waals surface area contributed by atoms with Gasteiger partial charge in [-0.05, 0) is 50.3 Å². The number of piperidine rings is 1. The lowest BCUT2D eigenvalue weighted by Gasteiger charge is -2.33. The number of imidazole rings is 1. The maximum absolute atomic E-state index is 12.9. The molecule has 1 aromatic carbocycles. The number of nitrogens with zero attached hydrogens (tertiary/aromatic N) is 3. The fourth-order valence-electron chi connectivity index (χ4n) is 3.64. The monoisotopic (exact) mass is 339 g/mol. The highest BCUT2D eigenvalue weighted by Gasteiger charge is 2.28. The van der Waals surface area contributed by atoms with Crippen LogP contribution in [0.5, 0.6) is 0 Å². The Balaban J connectivity index is 1.74.